The van der Waals surface area contributed by atoms with Crippen LogP contribution in [0.25, 0.3) is 0 Å². The molecule has 0 radical (unpaired) electrons. The lowest BCUT2D eigenvalue weighted by Crippen LogP contribution is -1.79. The molecule has 0 amide bonds. The second-order valence-electron chi connectivity index (χ2n) is 4.55. The highest BCUT2D eigenvalue weighted by Crippen LogP contribution is 2.30. The van der Waals surface area contributed by atoms with Gasteiger partial charge in [0.15, 0.2) is 0 Å². The summed E-state index contributed by atoms with van der Waals surface area (Å²) in [6.07, 6.45) is 7.01. The molecular formula is C16H22S2. The summed E-state index contributed by atoms with van der Waals surface area (Å²) in [5.41, 5.74) is 2.91. The highest BCUT2D eigenvalue weighted by molar-refractivity contribution is 8.76. The van der Waals surface area contributed by atoms with Crippen molar-refractivity contribution in [1.82, 2.24) is 0 Å². The molecule has 0 atom stereocenters. The molecule has 0 nitrogen and oxygen atoms in total. The van der Waals surface area contributed by atoms with Crippen molar-refractivity contribution in [1.29, 1.82) is 0 Å². The highest BCUT2D eigenvalue weighted by Gasteiger charge is 1.93. The van der Waals surface area contributed by atoms with E-state index >= 15 is 0 Å². The Morgan fingerprint density at radius 3 is 2.44 bits per heavy atom. The first-order valence-electron chi connectivity index (χ1n) is 6.32. The van der Waals surface area contributed by atoms with Gasteiger partial charge >= 0.3 is 0 Å². The smallest absolute Gasteiger partial charge is 0.0223 e. The lowest BCUT2D eigenvalue weighted by atomic mass is 10.1. The largest absolute Gasteiger partial charge is 0.0856 e. The van der Waals surface area contributed by atoms with Crippen LogP contribution in [0.5, 0.6) is 0 Å². The molecule has 0 aliphatic carbocycles. The van der Waals surface area contributed by atoms with Crippen molar-refractivity contribution >= 4 is 21.6 Å². The molecule has 0 bridgehead atoms. The fraction of sp³-hybridized carbons (Fsp3) is 0.375. The van der Waals surface area contributed by atoms with Gasteiger partial charge in [-0.1, -0.05) is 63.1 Å². The average molecular weight is 278 g/mol. The van der Waals surface area contributed by atoms with Crippen LogP contribution in [0.3, 0.4) is 0 Å². The Bertz CT molecular complexity index is 387. The van der Waals surface area contributed by atoms with Crippen LogP contribution in [0.2, 0.25) is 0 Å². The third-order valence-electron chi connectivity index (χ3n) is 2.49. The van der Waals surface area contributed by atoms with Crippen molar-refractivity contribution in [2.24, 2.45) is 0 Å². The number of allylic oxidation sites excluding steroid dienone is 3. The average Bonchev–Trinajstić information content (AvgIpc) is 2.35. The van der Waals surface area contributed by atoms with E-state index in [0.29, 0.717) is 0 Å². The molecule has 0 aromatic heterocycles. The fourth-order valence-corrected chi connectivity index (χ4v) is 3.42. The Labute approximate surface area is 119 Å². The number of benzene rings is 1. The number of hydrogen-bond donors (Lipinski definition) is 0. The monoisotopic (exact) mass is 278 g/mol. The van der Waals surface area contributed by atoms with Gasteiger partial charge < -0.3 is 0 Å². The van der Waals surface area contributed by atoms with Crippen molar-refractivity contribution in [2.45, 2.75) is 38.5 Å². The van der Waals surface area contributed by atoms with E-state index in [9.17, 15) is 0 Å². The van der Waals surface area contributed by atoms with E-state index in [0.717, 1.165) is 5.75 Å². The van der Waals surface area contributed by atoms with Crippen LogP contribution in [-0.4, -0.2) is 5.75 Å². The predicted molar refractivity (Wildman–Crippen MR) is 87.2 cm³/mol. The molecule has 0 unspecified atom stereocenters. The molecule has 0 aliphatic heterocycles. The molecular weight excluding hydrogens is 256 g/mol. The van der Waals surface area contributed by atoms with Crippen molar-refractivity contribution in [3.05, 3.63) is 53.6 Å². The Kier molecular flexibility index (Phi) is 8.03. The predicted octanol–water partition coefficient (Wildman–Crippen LogP) is 6.12. The van der Waals surface area contributed by atoms with Gasteiger partial charge in [-0.2, -0.15) is 0 Å². The summed E-state index contributed by atoms with van der Waals surface area (Å²) < 4.78 is 0. The van der Waals surface area contributed by atoms with Crippen molar-refractivity contribution in [3.8, 4) is 0 Å². The SMILES string of the molecule is CC(C)=CCC/C(C)=C/CSSc1ccccc1. The first-order chi connectivity index (χ1) is 8.68. The maximum Gasteiger partial charge on any atom is 0.0223 e. The van der Waals surface area contributed by atoms with Crippen molar-refractivity contribution < 1.29 is 0 Å². The van der Waals surface area contributed by atoms with Gasteiger partial charge in [-0.05, 0) is 45.7 Å². The molecule has 0 saturated carbocycles. The summed E-state index contributed by atoms with van der Waals surface area (Å²) in [4.78, 5) is 1.33. The van der Waals surface area contributed by atoms with E-state index in [1.165, 1.54) is 28.9 Å². The van der Waals surface area contributed by atoms with Gasteiger partial charge in [-0.25, -0.2) is 0 Å². The zero-order chi connectivity index (χ0) is 13.2. The van der Waals surface area contributed by atoms with E-state index in [2.05, 4.69) is 63.3 Å². The lowest BCUT2D eigenvalue weighted by molar-refractivity contribution is 0.964. The zero-order valence-electron chi connectivity index (χ0n) is 11.5. The molecule has 18 heavy (non-hydrogen) atoms. The minimum absolute atomic E-state index is 1.08. The van der Waals surface area contributed by atoms with E-state index in [-0.39, 0.29) is 0 Å². The summed E-state index contributed by atoms with van der Waals surface area (Å²) in [6, 6.07) is 10.5. The van der Waals surface area contributed by atoms with Gasteiger partial charge in [-0.3, -0.25) is 0 Å². The van der Waals surface area contributed by atoms with Gasteiger partial charge in [0.25, 0.3) is 0 Å². The lowest BCUT2D eigenvalue weighted by Gasteiger charge is -2.00. The zero-order valence-corrected chi connectivity index (χ0v) is 13.1. The molecule has 1 rings (SSSR count). The molecule has 0 fully saturated rings. The summed E-state index contributed by atoms with van der Waals surface area (Å²) >= 11 is 0. The number of rotatable bonds is 7. The third kappa shape index (κ3) is 7.67. The summed E-state index contributed by atoms with van der Waals surface area (Å²) in [5, 5.41) is 0. The second-order valence-corrected chi connectivity index (χ2v) is 6.97. The van der Waals surface area contributed by atoms with Gasteiger partial charge in [0.1, 0.15) is 0 Å². The van der Waals surface area contributed by atoms with Gasteiger partial charge in [-0.15, -0.1) is 0 Å². The Morgan fingerprint density at radius 1 is 1.06 bits per heavy atom. The molecule has 0 N–H and O–H groups in total. The van der Waals surface area contributed by atoms with Crippen LogP contribution in [0.1, 0.15) is 33.6 Å². The van der Waals surface area contributed by atoms with Crippen LogP contribution in [0.15, 0.2) is 58.5 Å². The van der Waals surface area contributed by atoms with E-state index < -0.39 is 0 Å². The minimum atomic E-state index is 1.08. The summed E-state index contributed by atoms with van der Waals surface area (Å²) in [6.45, 7) is 6.55. The Morgan fingerprint density at radius 2 is 1.78 bits per heavy atom. The van der Waals surface area contributed by atoms with Crippen molar-refractivity contribution in [2.75, 3.05) is 5.75 Å². The summed E-state index contributed by atoms with van der Waals surface area (Å²) in [7, 11) is 3.75. The topological polar surface area (TPSA) is 0 Å². The van der Waals surface area contributed by atoms with Crippen LogP contribution in [0.4, 0.5) is 0 Å². The molecule has 0 aliphatic rings. The van der Waals surface area contributed by atoms with Crippen LogP contribution in [0, 0.1) is 0 Å². The molecule has 0 spiro atoms. The van der Waals surface area contributed by atoms with Crippen LogP contribution >= 0.6 is 21.6 Å². The Balaban J connectivity index is 2.18. The van der Waals surface area contributed by atoms with E-state index in [4.69, 9.17) is 0 Å². The molecule has 1 aromatic carbocycles. The van der Waals surface area contributed by atoms with Crippen molar-refractivity contribution in [3.63, 3.8) is 0 Å². The molecule has 0 saturated heterocycles. The second kappa shape index (κ2) is 9.35. The highest BCUT2D eigenvalue weighted by atomic mass is 33.1. The van der Waals surface area contributed by atoms with Crippen LogP contribution in [-0.2, 0) is 0 Å². The van der Waals surface area contributed by atoms with Gasteiger partial charge in [0.2, 0.25) is 0 Å². The standard InChI is InChI=1S/C16H22S2/c1-14(2)8-7-9-15(3)12-13-17-18-16-10-5-4-6-11-16/h4-6,8,10-12H,7,9,13H2,1-3H3/b15-12+. The summed E-state index contributed by atoms with van der Waals surface area (Å²) in [5.74, 6) is 1.08. The molecule has 2 heteroatoms. The normalized spacial score (nSPS) is 11.4. The van der Waals surface area contributed by atoms with Gasteiger partial charge in [0.05, 0.1) is 0 Å². The minimum Gasteiger partial charge on any atom is -0.0856 e. The first kappa shape index (κ1) is 15.5. The first-order valence-corrected chi connectivity index (χ1v) is 8.64. The van der Waals surface area contributed by atoms with Gasteiger partial charge in [0, 0.05) is 10.6 Å². The molecule has 0 heterocycles. The van der Waals surface area contributed by atoms with E-state index in [1.54, 1.807) is 0 Å². The van der Waals surface area contributed by atoms with E-state index in [1.807, 2.05) is 21.6 Å². The molecule has 1 aromatic rings. The van der Waals surface area contributed by atoms with Crippen LogP contribution < -0.4 is 0 Å². The fourth-order valence-electron chi connectivity index (χ4n) is 1.44. The quantitative estimate of drug-likeness (QED) is 0.335. The number of hydrogen-bond acceptors (Lipinski definition) is 2. The maximum atomic E-state index is 2.35. The third-order valence-corrected chi connectivity index (χ3v) is 4.71. The Hall–Kier alpha value is -0.600. The maximum absolute atomic E-state index is 2.35. The molecule has 98 valence electrons.